The lowest BCUT2D eigenvalue weighted by Crippen LogP contribution is -2.68. The Hall–Kier alpha value is -3.86. The minimum absolute atomic E-state index is 0. The van der Waals surface area contributed by atoms with E-state index in [0.717, 1.165) is 12.8 Å². The van der Waals surface area contributed by atoms with Gasteiger partial charge in [0.05, 0.1) is 23.6 Å². The van der Waals surface area contributed by atoms with Gasteiger partial charge in [0.15, 0.2) is 11.4 Å². The molecule has 0 spiro atoms. The zero-order valence-electron chi connectivity index (χ0n) is 24.0. The third kappa shape index (κ3) is 5.74. The largest absolute Gasteiger partial charge is 0.510 e. The molecule has 0 saturated heterocycles. The number of carbonyl (C=O) groups is 4. The molecule has 43 heavy (non-hydrogen) atoms. The van der Waals surface area contributed by atoms with Crippen LogP contribution >= 0.6 is 0 Å². The number of Topliss-reactive ketones (excluding diaryl/α,β-unsaturated/α-hetero) is 2. The number of phenolic OH excluding ortho intramolecular Hbond substituents is 1. The van der Waals surface area contributed by atoms with Gasteiger partial charge < -0.3 is 53.3 Å². The van der Waals surface area contributed by atoms with Crippen molar-refractivity contribution in [2.75, 3.05) is 20.6 Å². The highest BCUT2D eigenvalue weighted by Crippen LogP contribution is 2.55. The first-order valence-corrected chi connectivity index (χ1v) is 13.4. The van der Waals surface area contributed by atoms with Crippen LogP contribution < -0.4 is 17.2 Å². The molecule has 0 bridgehead atoms. The number of phenols is 1. The number of aliphatic hydroxyl groups is 4. The number of carboxylic acids is 1. The molecule has 0 radical (unpaired) electrons. The summed E-state index contributed by atoms with van der Waals surface area (Å²) in [5.41, 5.74) is 11.8. The van der Waals surface area contributed by atoms with E-state index in [1.165, 1.54) is 25.1 Å². The Bertz CT molecular complexity index is 1360. The van der Waals surface area contributed by atoms with Crippen molar-refractivity contribution in [3.05, 3.63) is 52.0 Å². The van der Waals surface area contributed by atoms with E-state index >= 15 is 0 Å². The maximum absolute atomic E-state index is 13.3. The fourth-order valence-electron chi connectivity index (χ4n) is 6.21. The topological polar surface area (TPSA) is 302 Å². The lowest BCUT2D eigenvalue weighted by Gasteiger charge is -2.53. The monoisotopic (exact) mass is 608 g/mol. The lowest BCUT2D eigenvalue weighted by molar-refractivity contribution is -0.162. The molecule has 0 aromatic heterocycles. The second-order valence-electron chi connectivity index (χ2n) is 11.0. The lowest BCUT2D eigenvalue weighted by atomic mass is 9.55. The maximum Gasteiger partial charge on any atom is 0.320 e. The number of hydrogen-bond donors (Lipinski definition) is 9. The fraction of sp³-hybridized carbons (Fsp3) is 0.500. The number of aromatic hydroxyl groups is 1. The van der Waals surface area contributed by atoms with Gasteiger partial charge in [-0.1, -0.05) is 25.5 Å². The maximum atomic E-state index is 13.3. The number of unbranched alkanes of at least 4 members (excludes halogenated alkanes) is 1. The number of nitrogens with zero attached hydrogens (tertiary/aromatic N) is 1. The summed E-state index contributed by atoms with van der Waals surface area (Å²) in [6, 6.07) is 2.45. The van der Waals surface area contributed by atoms with Crippen LogP contribution in [0.4, 0.5) is 0 Å². The number of benzene rings is 1. The summed E-state index contributed by atoms with van der Waals surface area (Å²) in [7, 11) is 2.98. The highest BCUT2D eigenvalue weighted by molar-refractivity contribution is 6.25. The summed E-state index contributed by atoms with van der Waals surface area (Å²) in [5.74, 6) is -9.79. The average molecular weight is 609 g/mol. The van der Waals surface area contributed by atoms with Crippen LogP contribution in [0.1, 0.15) is 48.0 Å². The van der Waals surface area contributed by atoms with Gasteiger partial charge in [0.2, 0.25) is 5.78 Å². The van der Waals surface area contributed by atoms with E-state index in [4.69, 9.17) is 22.3 Å². The van der Waals surface area contributed by atoms with Crippen molar-refractivity contribution in [3.63, 3.8) is 0 Å². The van der Waals surface area contributed by atoms with E-state index in [0.29, 0.717) is 18.5 Å². The van der Waals surface area contributed by atoms with E-state index in [-0.39, 0.29) is 16.8 Å². The number of fused-ring (bicyclic) bond motifs is 3. The van der Waals surface area contributed by atoms with Gasteiger partial charge in [-0.2, -0.15) is 0 Å². The first-order valence-electron chi connectivity index (χ1n) is 13.4. The van der Waals surface area contributed by atoms with Gasteiger partial charge in [-0.05, 0) is 51.0 Å². The second-order valence-corrected chi connectivity index (χ2v) is 11.0. The van der Waals surface area contributed by atoms with Gasteiger partial charge in [0.1, 0.15) is 28.9 Å². The minimum Gasteiger partial charge on any atom is -0.510 e. The summed E-state index contributed by atoms with van der Waals surface area (Å²) in [6.45, 7) is 2.28. The van der Waals surface area contributed by atoms with Crippen LogP contribution in [0, 0.1) is 11.8 Å². The zero-order chi connectivity index (χ0) is 31.8. The van der Waals surface area contributed by atoms with E-state index in [1.807, 2.05) is 0 Å². The number of nitrogens with two attached hydrogens (primary N) is 3. The standard InChI is InChI=1S/C22H24N2O8.C6H14N2O2.H2O/c1-7-8-5-4-6-9(25)11(8)16(26)12-10(7)17(27)14-15(24(2)3)18(28)13(21(23)31)20(30)22(14,32)19(12)29;7-4-2-1-3-5(8)6(9)10;/h4-7,10,14-15,17,25,27-29,32H,1-3H3,(H2,23,31);5H,1-4,7-8H2,(H,9,10);1H2/t7-,10+,14+,15-,17-,22-;;/m0../s1. The summed E-state index contributed by atoms with van der Waals surface area (Å²) in [4.78, 5) is 50.0. The highest BCUT2D eigenvalue weighted by atomic mass is 16.4. The molecule has 14 N–H and O–H groups in total. The number of carboxylic acid groups (broad SMARTS) is 1. The van der Waals surface area contributed by atoms with E-state index in [1.54, 1.807) is 19.1 Å². The summed E-state index contributed by atoms with van der Waals surface area (Å²) in [6.07, 6.45) is 0.575. The molecule has 0 fully saturated rings. The Morgan fingerprint density at radius 3 is 2.23 bits per heavy atom. The quantitative estimate of drug-likeness (QED) is 0.124. The number of ketones is 2. The number of primary amides is 1. The molecule has 0 saturated carbocycles. The van der Waals surface area contributed by atoms with Crippen molar-refractivity contribution in [2.45, 2.75) is 55.9 Å². The first kappa shape index (κ1) is 35.3. The number of hydrogen-bond acceptors (Lipinski definition) is 12. The summed E-state index contributed by atoms with van der Waals surface area (Å²) in [5, 5.41) is 63.4. The Balaban J connectivity index is 0.000000507. The molecule has 3 aliphatic carbocycles. The van der Waals surface area contributed by atoms with Crippen LogP contribution in [-0.2, 0) is 14.4 Å². The molecule has 1 aromatic carbocycles. The highest BCUT2D eigenvalue weighted by Gasteiger charge is 2.67. The van der Waals surface area contributed by atoms with Crippen LogP contribution in [0.2, 0.25) is 0 Å². The average Bonchev–Trinajstić information content (AvgIpc) is 2.90. The number of aliphatic hydroxyl groups excluding tert-OH is 3. The molecule has 15 nitrogen and oxygen atoms in total. The number of rotatable bonds is 7. The smallest absolute Gasteiger partial charge is 0.320 e. The van der Waals surface area contributed by atoms with Gasteiger partial charge in [-0.15, -0.1) is 0 Å². The minimum atomic E-state index is -2.89. The van der Waals surface area contributed by atoms with Crippen LogP contribution in [0.15, 0.2) is 40.9 Å². The molecule has 0 heterocycles. The van der Waals surface area contributed by atoms with E-state index in [9.17, 15) is 44.7 Å². The number of carbonyl (C=O) groups excluding carboxylic acids is 3. The van der Waals surface area contributed by atoms with Gasteiger partial charge in [0.25, 0.3) is 5.91 Å². The predicted octanol–water partition coefficient (Wildman–Crippen LogP) is -1.64. The third-order valence-corrected chi connectivity index (χ3v) is 8.28. The third-order valence-electron chi connectivity index (χ3n) is 8.28. The SMILES string of the molecule is C[C@H]1c2cccc(O)c2C(=O)C2=C(O)[C@]3(O)C(=O)C(C(N)=O)=C(O)[C@@H](N(C)C)[C@@H]3[C@@H](O)[C@@H]21.NCCCCC(N)C(=O)O.O. The molecule has 1 amide bonds. The fourth-order valence-corrected chi connectivity index (χ4v) is 6.21. The van der Waals surface area contributed by atoms with Crippen molar-refractivity contribution in [1.29, 1.82) is 0 Å². The van der Waals surface area contributed by atoms with Crippen LogP contribution in [0.3, 0.4) is 0 Å². The Kier molecular flexibility index (Phi) is 10.8. The van der Waals surface area contributed by atoms with Crippen molar-refractivity contribution in [1.82, 2.24) is 4.90 Å². The van der Waals surface area contributed by atoms with Gasteiger partial charge >= 0.3 is 5.97 Å². The van der Waals surface area contributed by atoms with E-state index < -0.39 is 87.6 Å². The molecule has 1 unspecified atom stereocenters. The molecular weight excluding hydrogens is 568 g/mol. The van der Waals surface area contributed by atoms with Gasteiger partial charge in [-0.3, -0.25) is 24.1 Å². The second kappa shape index (κ2) is 13.2. The van der Waals surface area contributed by atoms with Crippen molar-refractivity contribution in [2.24, 2.45) is 29.0 Å². The van der Waals surface area contributed by atoms with Crippen LogP contribution in [0.5, 0.6) is 5.75 Å². The molecule has 15 heteroatoms. The number of aliphatic carboxylic acids is 1. The van der Waals surface area contributed by atoms with Gasteiger partial charge in [-0.25, -0.2) is 0 Å². The van der Waals surface area contributed by atoms with Crippen LogP contribution in [-0.4, -0.2) is 109 Å². The molecule has 0 aliphatic heterocycles. The van der Waals surface area contributed by atoms with E-state index in [2.05, 4.69) is 0 Å². The van der Waals surface area contributed by atoms with Crippen LogP contribution in [0.25, 0.3) is 0 Å². The van der Waals surface area contributed by atoms with Crippen molar-refractivity contribution >= 4 is 23.4 Å². The zero-order valence-corrected chi connectivity index (χ0v) is 24.0. The Morgan fingerprint density at radius 2 is 1.72 bits per heavy atom. The first-order chi connectivity index (χ1) is 19.5. The number of amides is 1. The Labute approximate surface area is 247 Å². The molecule has 7 atom stereocenters. The summed E-state index contributed by atoms with van der Waals surface area (Å²) >= 11 is 0. The number of likely N-dealkylation sites (N-methyl/N-ethyl adjacent to an activating group) is 1. The summed E-state index contributed by atoms with van der Waals surface area (Å²) < 4.78 is 0. The molecule has 4 rings (SSSR count). The molecule has 238 valence electrons. The molecular formula is C28H40N4O11. The van der Waals surface area contributed by atoms with Gasteiger partial charge in [0, 0.05) is 11.5 Å². The molecule has 1 aromatic rings. The van der Waals surface area contributed by atoms with Crippen molar-refractivity contribution in [3.8, 4) is 5.75 Å². The predicted molar refractivity (Wildman–Crippen MR) is 152 cm³/mol. The Morgan fingerprint density at radius 1 is 1.12 bits per heavy atom. The normalized spacial score (nSPS) is 28.6. The molecule has 3 aliphatic rings. The van der Waals surface area contributed by atoms with Crippen molar-refractivity contribution < 1.29 is 55.3 Å².